The molecule has 0 saturated carbocycles. The number of aromatic carboxylic acids is 1. The molecule has 28 nitrogen and oxygen atoms in total. The van der Waals surface area contributed by atoms with Crippen molar-refractivity contribution < 1.29 is 97.2 Å². The number of hydrogen-bond acceptors (Lipinski definition) is 21. The monoisotopic (exact) mass is 1960 g/mol. The van der Waals surface area contributed by atoms with Crippen molar-refractivity contribution >= 4 is 137 Å². The van der Waals surface area contributed by atoms with Crippen LogP contribution in [0.25, 0.3) is 65.4 Å². The molecule has 0 radical (unpaired) electrons. The number of halogens is 1. The van der Waals surface area contributed by atoms with Crippen LogP contribution in [0, 0.1) is 0 Å². The van der Waals surface area contributed by atoms with Crippen LogP contribution < -0.4 is 27.4 Å². The second-order valence-corrected chi connectivity index (χ2v) is 33.8. The normalized spacial score (nSPS) is 13.2. The van der Waals surface area contributed by atoms with E-state index in [9.17, 15) is 58.2 Å². The molecule has 1 aliphatic heterocycles. The van der Waals surface area contributed by atoms with E-state index in [0.29, 0.717) is 105 Å². The van der Waals surface area contributed by atoms with Gasteiger partial charge in [-0.1, -0.05) is 255 Å². The average molecular weight is 1960 g/mol. The lowest BCUT2D eigenvalue weighted by atomic mass is 10.0. The molecule has 1 fully saturated rings. The van der Waals surface area contributed by atoms with Crippen LogP contribution in [0.15, 0.2) is 315 Å². The summed E-state index contributed by atoms with van der Waals surface area (Å²) in [5.74, 6) is -2.37. The molecule has 0 aliphatic carbocycles. The zero-order valence-electron chi connectivity index (χ0n) is 80.2. The predicted octanol–water partition coefficient (Wildman–Crippen LogP) is 18.5. The number of carbonyl (C=O) groups is 10. The molecular formula is C114H125ClN8O20. The highest BCUT2D eigenvalue weighted by molar-refractivity contribution is 6.13. The summed E-state index contributed by atoms with van der Waals surface area (Å²) in [7, 11) is 3.03. The number of aliphatic hydroxyl groups is 4. The van der Waals surface area contributed by atoms with Gasteiger partial charge in [-0.25, -0.2) is 19.2 Å². The minimum Gasteiger partial charge on any atom is -0.478 e. The Morgan fingerprint density at radius 3 is 1.00 bits per heavy atom. The fourth-order valence-corrected chi connectivity index (χ4v) is 16.9. The first-order valence-electron chi connectivity index (χ1n) is 47.7. The van der Waals surface area contributed by atoms with Crippen molar-refractivity contribution in [3.05, 3.63) is 360 Å². The van der Waals surface area contributed by atoms with Gasteiger partial charge in [0.25, 0.3) is 5.91 Å². The topological polar surface area (TPSA) is 421 Å². The van der Waals surface area contributed by atoms with Gasteiger partial charge in [0.05, 0.1) is 43.5 Å². The molecule has 12 N–H and O–H groups in total. The van der Waals surface area contributed by atoms with Crippen LogP contribution in [0.5, 0.6) is 0 Å². The molecule has 3 amide bonds. The highest BCUT2D eigenvalue weighted by Gasteiger charge is 2.29. The molecule has 29 heteroatoms. The number of aliphatic hydroxyl groups excluding tert-OH is 4. The average Bonchev–Trinajstić information content (AvgIpc) is 1.61. The molecule has 1 saturated heterocycles. The van der Waals surface area contributed by atoms with Gasteiger partial charge >= 0.3 is 24.1 Å². The van der Waals surface area contributed by atoms with Crippen LogP contribution in [0.4, 0.5) is 9.59 Å². The molecule has 4 heterocycles. The maximum absolute atomic E-state index is 12.9. The summed E-state index contributed by atoms with van der Waals surface area (Å²) in [6, 6.07) is 96.0. The van der Waals surface area contributed by atoms with Crippen LogP contribution in [0.2, 0.25) is 0 Å². The third-order valence-electron chi connectivity index (χ3n) is 24.2. The van der Waals surface area contributed by atoms with E-state index in [1.807, 2.05) is 199 Å². The predicted molar refractivity (Wildman–Crippen MR) is 557 cm³/mol. The zero-order chi connectivity index (χ0) is 101. The van der Waals surface area contributed by atoms with Gasteiger partial charge < -0.3 is 90.3 Å². The standard InChI is InChI=1S/C33H30N2O4.C27H28N2O4.C19H22N2O2.C15H22N2O4.C14H10O3.C6H12O3.ClH/c1-39-33(38)30(35-28-15-7-5-13-26(28)27-14-6-8-16-29(27)35)17-9-10-22-34-32(37)25-20-18-24(19-21-25)31(36)23-11-3-2-4-12-23;30-18-26(31)25(16-8-9-17-28-27(32)33-19-20-10-2-1-3-11-20)29-23-14-6-4-12-21(23)22-13-5-7-15-24(22)29;20-12-6-5-11-18(19(23)13-22)21-16-9-3-1-7-14(16)15-8-2-4-10-17(15)21;16-13(14(19)10-18)8-4-5-9-17-15(20)21-11-12-6-2-1-3-7-12;15-13(10-4-2-1-3-5-10)11-6-8-12(9-7-11)14(16)17;1-8-6-3-2-5(4-7)9-6;/h2-8,11-16,18-21,30H,9-10,17,22H2,1H3,(H,34,37);1-7,10-15,25,30H,8-9,16-19H2,(H,28,32);1-4,7-10,18,22H,5-6,11-13,20H2;1-3,6-7,13,18H,4-5,8-11,16H2,(H,17,20);1-9H,(H,16,17);5-7H,2-4H2,1H3;1H/t30-;25-;18-;13-;;;/m0000.../s1. The number of ketones is 5. The Hall–Kier alpha value is -14.7. The minimum atomic E-state index is -0.997. The van der Waals surface area contributed by atoms with Crippen molar-refractivity contribution in [2.24, 2.45) is 11.5 Å². The second-order valence-electron chi connectivity index (χ2n) is 33.8. The quantitative estimate of drug-likeness (QED) is 0.00736. The number of amides is 3. The van der Waals surface area contributed by atoms with Gasteiger partial charge in [-0.15, -0.1) is 12.4 Å². The first-order chi connectivity index (χ1) is 69.2. The number of para-hydroxylation sites is 6. The zero-order valence-corrected chi connectivity index (χ0v) is 81.0. The highest BCUT2D eigenvalue weighted by atomic mass is 35.5. The molecule has 748 valence electrons. The number of methoxy groups -OCH3 is 2. The number of rotatable bonds is 41. The first kappa shape index (κ1) is 110. The van der Waals surface area contributed by atoms with Crippen LogP contribution in [-0.2, 0) is 56.1 Å². The number of fused-ring (bicyclic) bond motifs is 9. The fraction of sp³-hybridized carbons (Fsp3) is 0.281. The van der Waals surface area contributed by atoms with Gasteiger partial charge in [-0.3, -0.25) is 28.8 Å². The number of aromatic nitrogens is 3. The number of ether oxygens (including phenoxy) is 5. The molecule has 3 aromatic heterocycles. The Labute approximate surface area is 836 Å². The number of nitrogens with one attached hydrogen (secondary N) is 3. The molecule has 143 heavy (non-hydrogen) atoms. The number of hydrogen-bond donors (Lipinski definition) is 10. The second kappa shape index (κ2) is 58.5. The summed E-state index contributed by atoms with van der Waals surface area (Å²) >= 11 is 0. The lowest BCUT2D eigenvalue weighted by molar-refractivity contribution is -0.144. The first-order valence-corrected chi connectivity index (χ1v) is 47.7. The highest BCUT2D eigenvalue weighted by Crippen LogP contribution is 2.38. The third-order valence-corrected chi connectivity index (χ3v) is 24.2. The number of carboxylic acid groups (broad SMARTS) is 1. The number of nitrogens with zero attached hydrogens (tertiary/aromatic N) is 3. The molecule has 12 aromatic carbocycles. The molecule has 0 spiro atoms. The molecule has 15 aromatic rings. The SMILES string of the molecule is COC(=O)[C@H](CCCCNC(=O)c1ccc(C(=O)c2ccccc2)cc1)n1c2ccccc2c2ccccc21.COC1CCC(CO)O1.Cl.NCCCC[C@@H](C(=O)CO)n1c2ccccc2c2ccccc21.N[C@@H](CCCCNC(=O)OCc1ccccc1)C(=O)CO.O=C(NCCCC[C@@H](C(=O)CO)n1c2ccccc2c2ccccc21)OCc1ccccc1.O=C(O)c1ccc(C(=O)c2ccccc2)cc1. The fourth-order valence-electron chi connectivity index (χ4n) is 16.9. The Balaban J connectivity index is 0.000000184. The molecular weight excluding hydrogens is 1840 g/mol. The van der Waals surface area contributed by atoms with Gasteiger partial charge in [0.2, 0.25) is 0 Å². The van der Waals surface area contributed by atoms with E-state index in [-0.39, 0.29) is 97.0 Å². The number of benzene rings is 12. The van der Waals surface area contributed by atoms with Crippen molar-refractivity contribution in [1.29, 1.82) is 0 Å². The summed E-state index contributed by atoms with van der Waals surface area (Å²) in [5, 5.41) is 60.0. The van der Waals surface area contributed by atoms with Gasteiger partial charge in [0.15, 0.2) is 35.2 Å². The molecule has 0 bridgehead atoms. The van der Waals surface area contributed by atoms with E-state index in [0.717, 1.165) is 115 Å². The van der Waals surface area contributed by atoms with Crippen molar-refractivity contribution in [3.63, 3.8) is 0 Å². The van der Waals surface area contributed by atoms with Crippen LogP contribution in [0.1, 0.15) is 172 Å². The third kappa shape index (κ3) is 31.7. The number of alkyl carbamates (subject to hydrolysis) is 2. The van der Waals surface area contributed by atoms with Crippen molar-refractivity contribution in [3.8, 4) is 0 Å². The maximum atomic E-state index is 12.9. The molecule has 6 atom stereocenters. The van der Waals surface area contributed by atoms with Gasteiger partial charge in [0, 0.05) is 126 Å². The Kier molecular flexibility index (Phi) is 45.1. The minimum absolute atomic E-state index is 0. The van der Waals surface area contributed by atoms with E-state index in [4.69, 9.17) is 50.5 Å². The van der Waals surface area contributed by atoms with E-state index < -0.39 is 56.1 Å². The number of unbranched alkanes of at least 4 members (excludes halogenated alkanes) is 4. The number of carbonyl (C=O) groups excluding carboxylic acids is 9. The summed E-state index contributed by atoms with van der Waals surface area (Å²) in [5.41, 5.74) is 21.9. The maximum Gasteiger partial charge on any atom is 0.407 e. The Morgan fingerprint density at radius 1 is 0.364 bits per heavy atom. The molecule has 1 aliphatic rings. The molecule has 2 unspecified atom stereocenters. The molecule has 16 rings (SSSR count). The summed E-state index contributed by atoms with van der Waals surface area (Å²) in [4.78, 5) is 120. The number of Topliss-reactive ketones (excluding diaryl/α,β-unsaturated/α-hetero) is 3. The largest absolute Gasteiger partial charge is 0.478 e. The van der Waals surface area contributed by atoms with Crippen LogP contribution in [-0.4, -0.2) is 183 Å². The number of carboxylic acids is 1. The van der Waals surface area contributed by atoms with E-state index in [2.05, 4.69) is 61.5 Å². The summed E-state index contributed by atoms with van der Waals surface area (Å²) < 4.78 is 31.8. The van der Waals surface area contributed by atoms with Crippen molar-refractivity contribution in [2.75, 3.05) is 66.8 Å². The van der Waals surface area contributed by atoms with Gasteiger partial charge in [0.1, 0.15) is 39.1 Å². The van der Waals surface area contributed by atoms with Crippen molar-refractivity contribution in [2.45, 2.75) is 140 Å². The number of esters is 1. The van der Waals surface area contributed by atoms with E-state index in [1.165, 1.54) is 31.4 Å². The lowest BCUT2D eigenvalue weighted by Gasteiger charge is -2.19. The van der Waals surface area contributed by atoms with Crippen LogP contribution >= 0.6 is 12.4 Å². The van der Waals surface area contributed by atoms with E-state index >= 15 is 0 Å². The smallest absolute Gasteiger partial charge is 0.407 e. The van der Waals surface area contributed by atoms with E-state index in [1.54, 1.807) is 67.8 Å². The number of nitrogens with two attached hydrogens (primary N) is 2. The Bertz CT molecular complexity index is 6430. The summed E-state index contributed by atoms with van der Waals surface area (Å²) in [6.45, 7) is 1.14. The Morgan fingerprint density at radius 2 is 0.671 bits per heavy atom. The van der Waals surface area contributed by atoms with Gasteiger partial charge in [-0.05, 0) is 162 Å². The summed E-state index contributed by atoms with van der Waals surface area (Å²) in [6.07, 6.45) is 9.19. The van der Waals surface area contributed by atoms with Gasteiger partial charge in [-0.2, -0.15) is 0 Å². The lowest BCUT2D eigenvalue weighted by Crippen LogP contribution is -2.33. The van der Waals surface area contributed by atoms with Crippen molar-refractivity contribution in [1.82, 2.24) is 29.7 Å². The van der Waals surface area contributed by atoms with Crippen LogP contribution in [0.3, 0.4) is 0 Å².